The van der Waals surface area contributed by atoms with Gasteiger partial charge in [-0.05, 0) is 20.3 Å². The highest BCUT2D eigenvalue weighted by Gasteiger charge is 2.03. The maximum Gasteiger partial charge on any atom is 0.0797 e. The Morgan fingerprint density at radius 2 is 2.18 bits per heavy atom. The third kappa shape index (κ3) is 3.14. The van der Waals surface area contributed by atoms with E-state index in [-0.39, 0.29) is 0 Å². The van der Waals surface area contributed by atoms with Gasteiger partial charge in [0.15, 0.2) is 0 Å². The molecule has 0 saturated carbocycles. The molecule has 92 valence electrons. The number of nitrogens with zero attached hydrogens (tertiary/aromatic N) is 3. The van der Waals surface area contributed by atoms with Crippen LogP contribution in [0.1, 0.15) is 21.8 Å². The lowest BCUT2D eigenvalue weighted by Crippen LogP contribution is -2.16. The molecule has 0 aliphatic carbocycles. The molecule has 0 fully saturated rings. The van der Waals surface area contributed by atoms with Crippen molar-refractivity contribution in [2.24, 2.45) is 7.05 Å². The quantitative estimate of drug-likeness (QED) is 0.823. The molecule has 17 heavy (non-hydrogen) atoms. The van der Waals surface area contributed by atoms with Crippen molar-refractivity contribution in [3.8, 4) is 0 Å². The van der Waals surface area contributed by atoms with Crippen LogP contribution in [-0.2, 0) is 20.0 Å². The number of nitrogens with one attached hydrogen (secondary N) is 1. The van der Waals surface area contributed by atoms with Crippen LogP contribution in [0.15, 0.2) is 11.7 Å². The van der Waals surface area contributed by atoms with Crippen molar-refractivity contribution in [1.82, 2.24) is 20.1 Å². The van der Waals surface area contributed by atoms with Crippen LogP contribution in [0.4, 0.5) is 0 Å². The van der Waals surface area contributed by atoms with Crippen molar-refractivity contribution in [2.45, 2.75) is 26.8 Å². The first-order valence-corrected chi connectivity index (χ1v) is 6.63. The Labute approximate surface area is 106 Å². The van der Waals surface area contributed by atoms with Crippen LogP contribution in [0.2, 0.25) is 0 Å². The summed E-state index contributed by atoms with van der Waals surface area (Å²) in [7, 11) is 1.96. The predicted molar refractivity (Wildman–Crippen MR) is 70.2 cm³/mol. The SMILES string of the molecule is Cc1nn(C)cc1CNCCc1scnc1C. The molecule has 0 aliphatic heterocycles. The zero-order chi connectivity index (χ0) is 12.3. The topological polar surface area (TPSA) is 42.7 Å². The van der Waals surface area contributed by atoms with E-state index in [0.717, 1.165) is 30.9 Å². The van der Waals surface area contributed by atoms with Crippen LogP contribution in [-0.4, -0.2) is 21.3 Å². The maximum atomic E-state index is 4.32. The van der Waals surface area contributed by atoms with Crippen LogP contribution < -0.4 is 5.32 Å². The summed E-state index contributed by atoms with van der Waals surface area (Å²) in [5, 5.41) is 7.77. The van der Waals surface area contributed by atoms with Crippen molar-refractivity contribution in [3.63, 3.8) is 0 Å². The largest absolute Gasteiger partial charge is 0.312 e. The van der Waals surface area contributed by atoms with E-state index in [0.29, 0.717) is 0 Å². The molecule has 2 rings (SSSR count). The average molecular weight is 250 g/mol. The molecule has 0 bridgehead atoms. The van der Waals surface area contributed by atoms with Crippen LogP contribution in [0.3, 0.4) is 0 Å². The number of thiazole rings is 1. The minimum absolute atomic E-state index is 0.886. The van der Waals surface area contributed by atoms with Crippen LogP contribution in [0.25, 0.3) is 0 Å². The molecule has 0 spiro atoms. The Kier molecular flexibility index (Phi) is 3.91. The standard InChI is InChI=1S/C12H18N4S/c1-9-11(7-16(3)15-9)6-13-5-4-12-10(2)14-8-17-12/h7-8,13H,4-6H2,1-3H3. The smallest absolute Gasteiger partial charge is 0.0797 e. The highest BCUT2D eigenvalue weighted by molar-refractivity contribution is 7.09. The zero-order valence-corrected chi connectivity index (χ0v) is 11.3. The summed E-state index contributed by atoms with van der Waals surface area (Å²) in [6.07, 6.45) is 3.12. The Bertz CT molecular complexity index is 486. The third-order valence-electron chi connectivity index (χ3n) is 2.80. The first-order valence-electron chi connectivity index (χ1n) is 5.75. The van der Waals surface area contributed by atoms with Gasteiger partial charge in [0.25, 0.3) is 0 Å². The van der Waals surface area contributed by atoms with Crippen LogP contribution in [0.5, 0.6) is 0 Å². The van der Waals surface area contributed by atoms with E-state index in [4.69, 9.17) is 0 Å². The van der Waals surface area contributed by atoms with Crippen molar-refractivity contribution in [1.29, 1.82) is 0 Å². The fourth-order valence-electron chi connectivity index (χ4n) is 1.81. The van der Waals surface area contributed by atoms with E-state index in [1.54, 1.807) is 11.3 Å². The number of hydrogen-bond donors (Lipinski definition) is 1. The lowest BCUT2D eigenvalue weighted by atomic mass is 10.2. The van der Waals surface area contributed by atoms with Crippen molar-refractivity contribution in [3.05, 3.63) is 33.5 Å². The molecule has 0 aliphatic rings. The van der Waals surface area contributed by atoms with E-state index in [2.05, 4.69) is 28.5 Å². The Morgan fingerprint density at radius 1 is 1.35 bits per heavy atom. The third-order valence-corrected chi connectivity index (χ3v) is 3.80. The number of rotatable bonds is 5. The molecule has 2 aromatic heterocycles. The van der Waals surface area contributed by atoms with Gasteiger partial charge >= 0.3 is 0 Å². The lowest BCUT2D eigenvalue weighted by molar-refractivity contribution is 0.686. The normalized spacial score (nSPS) is 11.0. The molecular formula is C12H18N4S. The second-order valence-corrected chi connectivity index (χ2v) is 5.14. The van der Waals surface area contributed by atoms with Gasteiger partial charge in [-0.15, -0.1) is 11.3 Å². The minimum atomic E-state index is 0.886. The summed E-state index contributed by atoms with van der Waals surface area (Å²) in [6, 6.07) is 0. The van der Waals surface area contributed by atoms with Gasteiger partial charge in [0.1, 0.15) is 0 Å². The number of hydrogen-bond acceptors (Lipinski definition) is 4. The number of aryl methyl sites for hydroxylation is 3. The van der Waals surface area contributed by atoms with Gasteiger partial charge in [0, 0.05) is 36.8 Å². The molecular weight excluding hydrogens is 232 g/mol. The fraction of sp³-hybridized carbons (Fsp3) is 0.500. The van der Waals surface area contributed by atoms with E-state index in [1.165, 1.54) is 10.4 Å². The molecule has 0 aromatic carbocycles. The summed E-state index contributed by atoms with van der Waals surface area (Å²) in [6.45, 7) is 5.98. The highest BCUT2D eigenvalue weighted by atomic mass is 32.1. The molecule has 0 saturated heterocycles. The molecule has 2 aromatic rings. The molecule has 0 radical (unpaired) electrons. The number of aromatic nitrogens is 3. The van der Waals surface area contributed by atoms with Crippen molar-refractivity contribution in [2.75, 3.05) is 6.54 Å². The van der Waals surface area contributed by atoms with Gasteiger partial charge in [0.2, 0.25) is 0 Å². The average Bonchev–Trinajstić information content (AvgIpc) is 2.81. The Morgan fingerprint density at radius 3 is 2.76 bits per heavy atom. The van der Waals surface area contributed by atoms with Gasteiger partial charge in [-0.25, -0.2) is 4.98 Å². The minimum Gasteiger partial charge on any atom is -0.312 e. The highest BCUT2D eigenvalue weighted by Crippen LogP contribution is 2.12. The first-order chi connectivity index (χ1) is 8.16. The maximum absolute atomic E-state index is 4.32. The fourth-order valence-corrected chi connectivity index (χ4v) is 2.59. The van der Waals surface area contributed by atoms with Crippen LogP contribution in [0, 0.1) is 13.8 Å². The second-order valence-electron chi connectivity index (χ2n) is 4.20. The molecule has 0 atom stereocenters. The molecule has 4 nitrogen and oxygen atoms in total. The summed E-state index contributed by atoms with van der Waals surface area (Å²) in [5.74, 6) is 0. The summed E-state index contributed by atoms with van der Waals surface area (Å²) < 4.78 is 1.86. The van der Waals surface area contributed by atoms with Gasteiger partial charge in [-0.1, -0.05) is 0 Å². The second kappa shape index (κ2) is 5.42. The van der Waals surface area contributed by atoms with Crippen molar-refractivity contribution < 1.29 is 0 Å². The molecule has 2 heterocycles. The van der Waals surface area contributed by atoms with Gasteiger partial charge < -0.3 is 5.32 Å². The van der Waals surface area contributed by atoms with Gasteiger partial charge in [-0.3, -0.25) is 4.68 Å². The summed E-state index contributed by atoms with van der Waals surface area (Å²) in [5.41, 5.74) is 5.45. The zero-order valence-electron chi connectivity index (χ0n) is 10.5. The van der Waals surface area contributed by atoms with Gasteiger partial charge in [-0.2, -0.15) is 5.10 Å². The van der Waals surface area contributed by atoms with E-state index >= 15 is 0 Å². The Balaban J connectivity index is 1.77. The van der Waals surface area contributed by atoms with E-state index in [1.807, 2.05) is 24.2 Å². The Hall–Kier alpha value is -1.20. The predicted octanol–water partition coefficient (Wildman–Crippen LogP) is 1.83. The molecule has 1 N–H and O–H groups in total. The molecule has 0 unspecified atom stereocenters. The summed E-state index contributed by atoms with van der Waals surface area (Å²) in [4.78, 5) is 5.62. The molecule has 5 heteroatoms. The summed E-state index contributed by atoms with van der Waals surface area (Å²) >= 11 is 1.74. The van der Waals surface area contributed by atoms with Crippen molar-refractivity contribution >= 4 is 11.3 Å². The monoisotopic (exact) mass is 250 g/mol. The lowest BCUT2D eigenvalue weighted by Gasteiger charge is -2.02. The van der Waals surface area contributed by atoms with E-state index < -0.39 is 0 Å². The van der Waals surface area contributed by atoms with Crippen LogP contribution >= 0.6 is 11.3 Å². The molecule has 0 amide bonds. The van der Waals surface area contributed by atoms with Gasteiger partial charge in [0.05, 0.1) is 16.9 Å². The first kappa shape index (κ1) is 12.3. The van der Waals surface area contributed by atoms with E-state index in [9.17, 15) is 0 Å².